The zero-order chi connectivity index (χ0) is 12.1. The number of nitrogens with two attached hydrogens (primary N) is 1. The summed E-state index contributed by atoms with van der Waals surface area (Å²) in [6.45, 7) is 2.09. The molecule has 0 saturated carbocycles. The lowest BCUT2D eigenvalue weighted by Crippen LogP contribution is -2.36. The molecule has 88 valence electrons. The number of rotatable bonds is 2. The van der Waals surface area contributed by atoms with E-state index < -0.39 is 23.1 Å². The van der Waals surface area contributed by atoms with E-state index in [-0.39, 0.29) is 5.96 Å². The van der Waals surface area contributed by atoms with Crippen LogP contribution >= 0.6 is 0 Å². The van der Waals surface area contributed by atoms with Gasteiger partial charge in [-0.3, -0.25) is 10.4 Å². The summed E-state index contributed by atoms with van der Waals surface area (Å²) in [7, 11) is 0. The quantitative estimate of drug-likeness (QED) is 0.312. The third-order valence-corrected chi connectivity index (χ3v) is 1.70. The van der Waals surface area contributed by atoms with Gasteiger partial charge in [-0.05, 0) is 6.92 Å². The zero-order valence-electron chi connectivity index (χ0n) is 8.52. The van der Waals surface area contributed by atoms with Gasteiger partial charge in [0.05, 0.1) is 0 Å². The number of nitrogens with one attached hydrogen (secondary N) is 2. The molecule has 4 nitrogen and oxygen atoms in total. The number of halogens is 3. The first-order chi connectivity index (χ1) is 7.58. The van der Waals surface area contributed by atoms with E-state index in [1.807, 2.05) is 0 Å². The van der Waals surface area contributed by atoms with E-state index in [1.54, 1.807) is 6.92 Å². The summed E-state index contributed by atoms with van der Waals surface area (Å²) >= 11 is 0. The summed E-state index contributed by atoms with van der Waals surface area (Å²) < 4.78 is 39.0. The van der Waals surface area contributed by atoms with Crippen LogP contribution in [0.5, 0.6) is 0 Å². The summed E-state index contributed by atoms with van der Waals surface area (Å²) in [6, 6.07) is 1.12. The van der Waals surface area contributed by atoms with Crippen LogP contribution in [0.25, 0.3) is 0 Å². The summed E-state index contributed by atoms with van der Waals surface area (Å²) in [5.74, 6) is 1.96. The highest BCUT2D eigenvalue weighted by molar-refractivity contribution is 5.93. The third kappa shape index (κ3) is 2.86. The van der Waals surface area contributed by atoms with Gasteiger partial charge < -0.3 is 5.32 Å². The van der Waals surface area contributed by atoms with E-state index in [0.29, 0.717) is 18.7 Å². The molecule has 0 heterocycles. The normalized spacial score (nSPS) is 11.4. The number of hydrogen-bond donors (Lipinski definition) is 3. The molecule has 0 atom stereocenters. The molecule has 0 radical (unpaired) electrons. The van der Waals surface area contributed by atoms with Crippen molar-refractivity contribution in [3.63, 3.8) is 0 Å². The van der Waals surface area contributed by atoms with Crippen LogP contribution in [0.1, 0.15) is 6.92 Å². The van der Waals surface area contributed by atoms with Gasteiger partial charge in [0.15, 0.2) is 11.6 Å². The summed E-state index contributed by atoms with van der Waals surface area (Å²) in [5.41, 5.74) is 1.62. The second-order valence-electron chi connectivity index (χ2n) is 2.84. The summed E-state index contributed by atoms with van der Waals surface area (Å²) in [5, 5.41) is 2.29. The number of anilines is 1. The predicted octanol–water partition coefficient (Wildman–Crippen LogP) is 1.35. The minimum Gasteiger partial charge on any atom is -0.320 e. The van der Waals surface area contributed by atoms with Gasteiger partial charge in [-0.15, -0.1) is 0 Å². The lowest BCUT2D eigenvalue weighted by molar-refractivity contribution is 0.549. The van der Waals surface area contributed by atoms with Crippen molar-refractivity contribution in [3.05, 3.63) is 29.6 Å². The Labute approximate surface area is 90.3 Å². The Hall–Kier alpha value is -1.76. The molecule has 0 bridgehead atoms. The molecule has 0 saturated heterocycles. The highest BCUT2D eigenvalue weighted by Gasteiger charge is 2.12. The molecule has 4 N–H and O–H groups in total. The minimum atomic E-state index is -1.06. The lowest BCUT2D eigenvalue weighted by atomic mass is 10.3. The van der Waals surface area contributed by atoms with Crippen LogP contribution in [0.2, 0.25) is 0 Å². The largest absolute Gasteiger partial charge is 0.320 e. The number of nitrogens with zero attached hydrogens (tertiary/aromatic N) is 1. The van der Waals surface area contributed by atoms with Crippen LogP contribution in [0.15, 0.2) is 17.1 Å². The molecular formula is C9H11F3N4. The second kappa shape index (κ2) is 5.36. The molecule has 0 aliphatic carbocycles. The van der Waals surface area contributed by atoms with E-state index in [1.165, 1.54) is 0 Å². The van der Waals surface area contributed by atoms with Crippen LogP contribution in [-0.2, 0) is 0 Å². The van der Waals surface area contributed by atoms with Crippen molar-refractivity contribution in [2.75, 3.05) is 11.9 Å². The van der Waals surface area contributed by atoms with E-state index in [9.17, 15) is 13.2 Å². The highest BCUT2D eigenvalue weighted by atomic mass is 19.1. The molecule has 1 rings (SSSR count). The number of hydrazine groups is 1. The molecule has 0 aliphatic heterocycles. The molecule has 16 heavy (non-hydrogen) atoms. The molecular weight excluding hydrogens is 221 g/mol. The average molecular weight is 232 g/mol. The summed E-state index contributed by atoms with van der Waals surface area (Å²) in [6.07, 6.45) is 0. The first kappa shape index (κ1) is 12.3. The Morgan fingerprint density at radius 2 is 1.88 bits per heavy atom. The standard InChI is InChI=1S/C9H11F3N4/c1-2-14-9(16-13)15-8-6(11)3-5(10)4-7(8)12/h3-4H,2,13H2,1H3,(H2,14,15,16). The molecule has 0 aliphatic rings. The second-order valence-corrected chi connectivity index (χ2v) is 2.84. The Morgan fingerprint density at radius 1 is 1.31 bits per heavy atom. The van der Waals surface area contributed by atoms with Crippen LogP contribution in [-0.4, -0.2) is 12.5 Å². The van der Waals surface area contributed by atoms with Crippen molar-refractivity contribution in [2.45, 2.75) is 6.92 Å². The molecule has 0 amide bonds. The van der Waals surface area contributed by atoms with Gasteiger partial charge in [-0.2, -0.15) is 0 Å². The van der Waals surface area contributed by atoms with Gasteiger partial charge in [-0.25, -0.2) is 19.0 Å². The topological polar surface area (TPSA) is 62.4 Å². The Balaban J connectivity index is 3.01. The first-order valence-electron chi connectivity index (χ1n) is 4.51. The fourth-order valence-electron chi connectivity index (χ4n) is 1.06. The van der Waals surface area contributed by atoms with Crippen LogP contribution < -0.4 is 16.6 Å². The average Bonchev–Trinajstić information content (AvgIpc) is 2.21. The molecule has 0 unspecified atom stereocenters. The Morgan fingerprint density at radius 3 is 2.31 bits per heavy atom. The van der Waals surface area contributed by atoms with Crippen LogP contribution in [0.3, 0.4) is 0 Å². The molecule has 7 heteroatoms. The molecule has 0 spiro atoms. The van der Waals surface area contributed by atoms with E-state index >= 15 is 0 Å². The fourth-order valence-corrected chi connectivity index (χ4v) is 1.06. The van der Waals surface area contributed by atoms with Gasteiger partial charge in [0, 0.05) is 18.7 Å². The molecule has 1 aromatic rings. The van der Waals surface area contributed by atoms with Crippen molar-refractivity contribution >= 4 is 11.6 Å². The Kier molecular flexibility index (Phi) is 4.12. The van der Waals surface area contributed by atoms with Gasteiger partial charge >= 0.3 is 0 Å². The van der Waals surface area contributed by atoms with Crippen LogP contribution in [0.4, 0.5) is 18.9 Å². The van der Waals surface area contributed by atoms with E-state index in [2.05, 4.69) is 15.7 Å². The van der Waals surface area contributed by atoms with Crippen LogP contribution in [0, 0.1) is 17.5 Å². The van der Waals surface area contributed by atoms with Crippen molar-refractivity contribution in [2.24, 2.45) is 10.8 Å². The van der Waals surface area contributed by atoms with Gasteiger partial charge in [0.1, 0.15) is 11.5 Å². The number of benzene rings is 1. The van der Waals surface area contributed by atoms with Crippen molar-refractivity contribution in [1.82, 2.24) is 5.43 Å². The third-order valence-electron chi connectivity index (χ3n) is 1.70. The Bertz CT molecular complexity index is 383. The van der Waals surface area contributed by atoms with E-state index in [0.717, 1.165) is 0 Å². The zero-order valence-corrected chi connectivity index (χ0v) is 8.52. The van der Waals surface area contributed by atoms with Gasteiger partial charge in [-0.1, -0.05) is 0 Å². The smallest absolute Gasteiger partial charge is 0.210 e. The van der Waals surface area contributed by atoms with Gasteiger partial charge in [0.2, 0.25) is 5.96 Å². The number of hydrogen-bond acceptors (Lipinski definition) is 2. The number of guanidine groups is 1. The highest BCUT2D eigenvalue weighted by Crippen LogP contribution is 2.19. The fraction of sp³-hybridized carbons (Fsp3) is 0.222. The lowest BCUT2D eigenvalue weighted by Gasteiger charge is -2.10. The van der Waals surface area contributed by atoms with Crippen molar-refractivity contribution in [3.8, 4) is 0 Å². The monoisotopic (exact) mass is 232 g/mol. The van der Waals surface area contributed by atoms with Crippen molar-refractivity contribution < 1.29 is 13.2 Å². The number of aliphatic imine (C=N–C) groups is 1. The SMILES string of the molecule is CCN=C(NN)Nc1c(F)cc(F)cc1F. The maximum atomic E-state index is 13.2. The molecule has 0 aromatic heterocycles. The van der Waals surface area contributed by atoms with Crippen molar-refractivity contribution in [1.29, 1.82) is 0 Å². The maximum Gasteiger partial charge on any atom is 0.210 e. The van der Waals surface area contributed by atoms with E-state index in [4.69, 9.17) is 5.84 Å². The first-order valence-corrected chi connectivity index (χ1v) is 4.51. The molecule has 0 fully saturated rings. The summed E-state index contributed by atoms with van der Waals surface area (Å²) in [4.78, 5) is 3.78. The predicted molar refractivity (Wildman–Crippen MR) is 55.2 cm³/mol. The van der Waals surface area contributed by atoms with Gasteiger partial charge in [0.25, 0.3) is 0 Å². The minimum absolute atomic E-state index is 0.00749. The maximum absolute atomic E-state index is 13.2. The molecule has 1 aromatic carbocycles.